The highest BCUT2D eigenvalue weighted by molar-refractivity contribution is 6.90. The molecule has 0 amide bonds. The molecule has 0 bridgehead atoms. The van der Waals surface area contributed by atoms with Gasteiger partial charge in [-0.2, -0.15) is 0 Å². The lowest BCUT2D eigenvalue weighted by Crippen LogP contribution is -2.60. The molecule has 0 unspecified atom stereocenters. The van der Waals surface area contributed by atoms with Crippen molar-refractivity contribution in [2.24, 2.45) is 0 Å². The van der Waals surface area contributed by atoms with Crippen molar-refractivity contribution in [2.45, 2.75) is 71.4 Å². The van der Waals surface area contributed by atoms with Crippen LogP contribution in [-0.2, 0) is 31.3 Å². The minimum atomic E-state index is -2.77. The molecule has 1 N–H and O–H groups in total. The zero-order chi connectivity index (χ0) is 24.7. The van der Waals surface area contributed by atoms with Gasteiger partial charge in [-0.1, -0.05) is 0 Å². The van der Waals surface area contributed by atoms with Gasteiger partial charge in [0.2, 0.25) is 0 Å². The quantitative estimate of drug-likeness (QED) is 0.176. The molecule has 8 nitrogen and oxygen atoms in total. The van der Waals surface area contributed by atoms with Crippen LogP contribution in [0.2, 0.25) is 65.0 Å². The maximum atomic E-state index is 8.61. The zero-order valence-electron chi connectivity index (χ0n) is 22.1. The first-order valence-corrected chi connectivity index (χ1v) is 23.9. The molecule has 0 fully saturated rings. The Kier molecular flexibility index (Phi) is 16.5. The van der Waals surface area contributed by atoms with Gasteiger partial charge in [-0.05, 0) is 65.3 Å². The predicted molar refractivity (Wildman–Crippen MR) is 139 cm³/mol. The van der Waals surface area contributed by atoms with Crippen molar-refractivity contribution >= 4 is 33.8 Å². The second-order valence-electron chi connectivity index (χ2n) is 10.6. The number of aliphatic hydroxyl groups excluding tert-OH is 1. The molecule has 0 saturated carbocycles. The van der Waals surface area contributed by atoms with E-state index < -0.39 is 33.8 Å². The Hall–Kier alpha value is 0.548. The van der Waals surface area contributed by atoms with E-state index in [9.17, 15) is 0 Å². The van der Waals surface area contributed by atoms with Crippen molar-refractivity contribution in [3.05, 3.63) is 0 Å². The fourth-order valence-electron chi connectivity index (χ4n) is 2.83. The van der Waals surface area contributed by atoms with Crippen LogP contribution in [0, 0.1) is 0 Å². The lowest BCUT2D eigenvalue weighted by Gasteiger charge is -2.42. The van der Waals surface area contributed by atoms with Gasteiger partial charge < -0.3 is 36.4 Å². The summed E-state index contributed by atoms with van der Waals surface area (Å²) < 4.78 is 41.8. The van der Waals surface area contributed by atoms with E-state index in [0.29, 0.717) is 52.9 Å². The maximum Gasteiger partial charge on any atom is 0.469 e. The smallest absolute Gasteiger partial charge is 0.417 e. The molecule has 0 aromatic heterocycles. The van der Waals surface area contributed by atoms with E-state index in [2.05, 4.69) is 58.9 Å². The second-order valence-corrected chi connectivity index (χ2v) is 27.6. The standard InChI is InChI=1S/C20H50O8Si4/c1-29(2,3)26-32(27-30(4,5)6,28-31(7,8)9)20-10-12-22-14-16-24-18-19-25-17-15-23-13-11-21/h21H,10-20H2,1-9H3. The maximum absolute atomic E-state index is 8.61. The van der Waals surface area contributed by atoms with Crippen LogP contribution in [0.5, 0.6) is 0 Å². The monoisotopic (exact) mass is 530 g/mol. The number of aliphatic hydroxyl groups is 1. The molecule has 0 atom stereocenters. The van der Waals surface area contributed by atoms with E-state index in [4.69, 9.17) is 36.4 Å². The van der Waals surface area contributed by atoms with Crippen LogP contribution >= 0.6 is 0 Å². The third-order valence-corrected chi connectivity index (χ3v) is 15.6. The summed E-state index contributed by atoms with van der Waals surface area (Å²) in [5, 5.41) is 8.61. The summed E-state index contributed by atoms with van der Waals surface area (Å²) >= 11 is 0. The summed E-state index contributed by atoms with van der Waals surface area (Å²) in [6.07, 6.45) is 0.850. The topological polar surface area (TPSA) is 84.8 Å². The highest BCUT2D eigenvalue weighted by Gasteiger charge is 2.49. The Morgan fingerprint density at radius 2 is 0.781 bits per heavy atom. The average Bonchev–Trinajstić information content (AvgIpc) is 2.57. The second kappa shape index (κ2) is 16.3. The lowest BCUT2D eigenvalue weighted by molar-refractivity contribution is -0.00556. The summed E-state index contributed by atoms with van der Waals surface area (Å²) in [5.41, 5.74) is 0. The molecule has 194 valence electrons. The van der Waals surface area contributed by atoms with Gasteiger partial charge in [-0.3, -0.25) is 0 Å². The van der Waals surface area contributed by atoms with Crippen molar-refractivity contribution in [1.29, 1.82) is 0 Å². The first-order chi connectivity index (χ1) is 14.7. The minimum absolute atomic E-state index is 0.0360. The van der Waals surface area contributed by atoms with Crippen LogP contribution in [-0.4, -0.2) is 98.3 Å². The SMILES string of the molecule is C[Si](C)(C)O[Si](CCCOCCOCCOCCOCCO)(O[Si](C)(C)C)O[Si](C)(C)C. The van der Waals surface area contributed by atoms with Crippen LogP contribution < -0.4 is 0 Å². The van der Waals surface area contributed by atoms with Gasteiger partial charge in [0.25, 0.3) is 0 Å². The molecule has 0 spiro atoms. The number of hydrogen-bond donors (Lipinski definition) is 1. The number of ether oxygens (including phenoxy) is 4. The fourth-order valence-corrected chi connectivity index (χ4v) is 17.5. The van der Waals surface area contributed by atoms with Crippen molar-refractivity contribution in [1.82, 2.24) is 0 Å². The van der Waals surface area contributed by atoms with E-state index in [1.807, 2.05) is 0 Å². The number of hydrogen-bond acceptors (Lipinski definition) is 8. The van der Waals surface area contributed by atoms with Crippen LogP contribution in [0.25, 0.3) is 0 Å². The molecule has 0 aliphatic rings. The van der Waals surface area contributed by atoms with E-state index >= 15 is 0 Å². The minimum Gasteiger partial charge on any atom is -0.417 e. The van der Waals surface area contributed by atoms with Crippen molar-refractivity contribution in [3.8, 4) is 0 Å². The Morgan fingerprint density at radius 3 is 1.09 bits per heavy atom. The van der Waals surface area contributed by atoms with E-state index in [-0.39, 0.29) is 6.61 Å². The summed E-state index contributed by atoms with van der Waals surface area (Å²) in [6, 6.07) is 0.791. The Bertz CT molecular complexity index is 423. The van der Waals surface area contributed by atoms with Gasteiger partial charge in [0.15, 0.2) is 25.0 Å². The van der Waals surface area contributed by atoms with Crippen LogP contribution in [0.3, 0.4) is 0 Å². The average molecular weight is 531 g/mol. The largest absolute Gasteiger partial charge is 0.469 e. The fraction of sp³-hybridized carbons (Fsp3) is 1.00. The molecule has 0 radical (unpaired) electrons. The van der Waals surface area contributed by atoms with Crippen molar-refractivity contribution in [2.75, 3.05) is 59.5 Å². The Labute approximate surface area is 201 Å². The summed E-state index contributed by atoms with van der Waals surface area (Å²) in [5.74, 6) is 0. The molecular formula is C20H50O8Si4. The van der Waals surface area contributed by atoms with Gasteiger partial charge in [0, 0.05) is 12.7 Å². The Balaban J connectivity index is 4.31. The number of rotatable bonds is 21. The first-order valence-electron chi connectivity index (χ1n) is 11.7. The predicted octanol–water partition coefficient (Wildman–Crippen LogP) is 3.93. The molecular weight excluding hydrogens is 481 g/mol. The van der Waals surface area contributed by atoms with Gasteiger partial charge in [0.1, 0.15) is 0 Å². The molecule has 0 aromatic rings. The molecule has 0 saturated heterocycles. The van der Waals surface area contributed by atoms with Gasteiger partial charge >= 0.3 is 8.80 Å². The van der Waals surface area contributed by atoms with Gasteiger partial charge in [-0.25, -0.2) is 0 Å². The summed E-state index contributed by atoms with van der Waals surface area (Å²) in [7, 11) is -8.28. The van der Waals surface area contributed by atoms with Crippen LogP contribution in [0.15, 0.2) is 0 Å². The molecule has 12 heteroatoms. The van der Waals surface area contributed by atoms with Crippen molar-refractivity contribution in [3.63, 3.8) is 0 Å². The van der Waals surface area contributed by atoms with Crippen LogP contribution in [0.4, 0.5) is 0 Å². The summed E-state index contributed by atoms with van der Waals surface area (Å²) in [6.45, 7) is 24.0. The van der Waals surface area contributed by atoms with E-state index in [1.54, 1.807) is 0 Å². The lowest BCUT2D eigenvalue weighted by atomic mass is 10.5. The zero-order valence-corrected chi connectivity index (χ0v) is 26.1. The summed E-state index contributed by atoms with van der Waals surface area (Å²) in [4.78, 5) is 0. The third-order valence-electron chi connectivity index (χ3n) is 3.51. The molecule has 0 rings (SSSR count). The molecule has 32 heavy (non-hydrogen) atoms. The van der Waals surface area contributed by atoms with E-state index in [1.165, 1.54) is 0 Å². The first kappa shape index (κ1) is 32.5. The van der Waals surface area contributed by atoms with Crippen molar-refractivity contribution < 1.29 is 36.4 Å². The normalized spacial score (nSPS) is 13.7. The molecule has 0 aliphatic carbocycles. The third kappa shape index (κ3) is 21.1. The molecule has 0 aromatic carbocycles. The highest BCUT2D eigenvalue weighted by Crippen LogP contribution is 2.29. The Morgan fingerprint density at radius 1 is 0.469 bits per heavy atom. The highest BCUT2D eigenvalue weighted by atomic mass is 28.5. The van der Waals surface area contributed by atoms with Crippen LogP contribution in [0.1, 0.15) is 6.42 Å². The molecule has 0 aliphatic heterocycles. The van der Waals surface area contributed by atoms with Gasteiger partial charge in [-0.15, -0.1) is 0 Å². The van der Waals surface area contributed by atoms with E-state index in [0.717, 1.165) is 12.5 Å². The van der Waals surface area contributed by atoms with Gasteiger partial charge in [0.05, 0.1) is 52.9 Å². The molecule has 0 heterocycles.